The Morgan fingerprint density at radius 1 is 1.64 bits per heavy atom. The molecule has 1 aliphatic heterocycles. The van der Waals surface area contributed by atoms with Gasteiger partial charge in [-0.05, 0) is 47.3 Å². The fourth-order valence-electron chi connectivity index (χ4n) is 2.76. The summed E-state index contributed by atoms with van der Waals surface area (Å²) >= 11 is 4.79. The number of aromatic amines is 1. The molecule has 5 nitrogen and oxygen atoms in total. The zero-order chi connectivity index (χ0) is 15.5. The molecule has 1 saturated heterocycles. The SMILES string of the molecule is CC1CCCN(Cc2csc(NC(=O)c3cc(Br)c[nH]3)n2)C1. The van der Waals surface area contributed by atoms with Crippen LogP contribution in [0, 0.1) is 5.92 Å². The van der Waals surface area contributed by atoms with Crippen molar-refractivity contribution in [1.29, 1.82) is 0 Å². The number of nitrogens with one attached hydrogen (secondary N) is 2. The van der Waals surface area contributed by atoms with Crippen molar-refractivity contribution in [3.8, 4) is 0 Å². The van der Waals surface area contributed by atoms with Gasteiger partial charge in [0.25, 0.3) is 5.91 Å². The van der Waals surface area contributed by atoms with Gasteiger partial charge < -0.3 is 4.98 Å². The number of hydrogen-bond acceptors (Lipinski definition) is 4. The lowest BCUT2D eigenvalue weighted by Crippen LogP contribution is -2.33. The lowest BCUT2D eigenvalue weighted by Gasteiger charge is -2.30. The number of nitrogens with zero attached hydrogens (tertiary/aromatic N) is 2. The van der Waals surface area contributed by atoms with Crippen LogP contribution in [0.25, 0.3) is 0 Å². The molecule has 1 amide bonds. The topological polar surface area (TPSA) is 61.0 Å². The normalized spacial score (nSPS) is 19.3. The van der Waals surface area contributed by atoms with E-state index in [-0.39, 0.29) is 5.91 Å². The monoisotopic (exact) mass is 382 g/mol. The van der Waals surface area contributed by atoms with Crippen molar-refractivity contribution in [1.82, 2.24) is 14.9 Å². The van der Waals surface area contributed by atoms with Gasteiger partial charge in [-0.1, -0.05) is 6.92 Å². The average Bonchev–Trinajstić information content (AvgIpc) is 3.08. The van der Waals surface area contributed by atoms with Crippen LogP contribution in [0.4, 0.5) is 5.13 Å². The molecule has 22 heavy (non-hydrogen) atoms. The Morgan fingerprint density at radius 2 is 2.50 bits per heavy atom. The number of piperidine rings is 1. The Morgan fingerprint density at radius 3 is 3.23 bits per heavy atom. The first kappa shape index (κ1) is 15.7. The van der Waals surface area contributed by atoms with E-state index in [0.717, 1.165) is 35.7 Å². The number of likely N-dealkylation sites (tertiary alicyclic amines) is 1. The van der Waals surface area contributed by atoms with Crippen LogP contribution < -0.4 is 5.32 Å². The van der Waals surface area contributed by atoms with Crippen LogP contribution >= 0.6 is 27.3 Å². The first-order valence-electron chi connectivity index (χ1n) is 7.42. The molecular weight excluding hydrogens is 364 g/mol. The van der Waals surface area contributed by atoms with Crippen molar-refractivity contribution >= 4 is 38.3 Å². The molecule has 1 atom stereocenters. The number of amides is 1. The van der Waals surface area contributed by atoms with Crippen LogP contribution in [-0.4, -0.2) is 33.9 Å². The molecule has 1 fully saturated rings. The number of halogens is 1. The molecule has 2 aromatic heterocycles. The van der Waals surface area contributed by atoms with Crippen LogP contribution in [0.15, 0.2) is 22.1 Å². The summed E-state index contributed by atoms with van der Waals surface area (Å²) in [6, 6.07) is 1.75. The third-order valence-electron chi connectivity index (χ3n) is 3.79. The molecule has 3 rings (SSSR count). The smallest absolute Gasteiger partial charge is 0.273 e. The van der Waals surface area contributed by atoms with E-state index in [1.807, 2.05) is 5.38 Å². The van der Waals surface area contributed by atoms with E-state index >= 15 is 0 Å². The fraction of sp³-hybridized carbons (Fsp3) is 0.467. The van der Waals surface area contributed by atoms with E-state index in [1.54, 1.807) is 12.3 Å². The van der Waals surface area contributed by atoms with E-state index in [0.29, 0.717) is 10.8 Å². The van der Waals surface area contributed by atoms with Crippen molar-refractivity contribution in [3.63, 3.8) is 0 Å². The largest absolute Gasteiger partial charge is 0.356 e. The molecule has 0 aliphatic carbocycles. The van der Waals surface area contributed by atoms with Gasteiger partial charge in [0.05, 0.1) is 5.69 Å². The second-order valence-electron chi connectivity index (χ2n) is 5.81. The van der Waals surface area contributed by atoms with Gasteiger partial charge in [-0.3, -0.25) is 15.0 Å². The summed E-state index contributed by atoms with van der Waals surface area (Å²) in [5.74, 6) is 0.594. The predicted octanol–water partition coefficient (Wildman–Crippen LogP) is 3.72. The van der Waals surface area contributed by atoms with Gasteiger partial charge in [0.2, 0.25) is 0 Å². The van der Waals surface area contributed by atoms with Gasteiger partial charge in [-0.25, -0.2) is 4.98 Å². The van der Waals surface area contributed by atoms with Crippen molar-refractivity contribution in [2.75, 3.05) is 18.4 Å². The van der Waals surface area contributed by atoms with Gasteiger partial charge in [0.1, 0.15) is 5.69 Å². The maximum Gasteiger partial charge on any atom is 0.273 e. The highest BCUT2D eigenvalue weighted by molar-refractivity contribution is 9.10. The van der Waals surface area contributed by atoms with Crippen LogP contribution in [0.5, 0.6) is 0 Å². The molecule has 0 saturated carbocycles. The lowest BCUT2D eigenvalue weighted by atomic mass is 10.0. The Hall–Kier alpha value is -1.18. The van der Waals surface area contributed by atoms with Crippen LogP contribution in [0.1, 0.15) is 35.9 Å². The Bertz CT molecular complexity index is 654. The first-order valence-corrected chi connectivity index (χ1v) is 9.09. The maximum absolute atomic E-state index is 12.1. The summed E-state index contributed by atoms with van der Waals surface area (Å²) in [6.07, 6.45) is 4.32. The summed E-state index contributed by atoms with van der Waals surface area (Å²) in [4.78, 5) is 21.9. The highest BCUT2D eigenvalue weighted by atomic mass is 79.9. The Kier molecular flexibility index (Phi) is 4.95. The van der Waals surface area contributed by atoms with Gasteiger partial charge in [0, 0.05) is 29.1 Å². The molecule has 3 heterocycles. The van der Waals surface area contributed by atoms with Gasteiger partial charge in [-0.2, -0.15) is 0 Å². The highest BCUT2D eigenvalue weighted by Crippen LogP contribution is 2.21. The third-order valence-corrected chi connectivity index (χ3v) is 5.06. The maximum atomic E-state index is 12.1. The molecule has 0 bridgehead atoms. The standard InChI is InChI=1S/C15H19BrN4OS/c1-10-3-2-4-20(7-10)8-12-9-22-15(18-12)19-14(21)13-5-11(16)6-17-13/h5-6,9-10,17H,2-4,7-8H2,1H3,(H,18,19,21). The second-order valence-corrected chi connectivity index (χ2v) is 7.59. The number of carbonyl (C=O) groups is 1. The molecular formula is C15H19BrN4OS. The van der Waals surface area contributed by atoms with Gasteiger partial charge >= 0.3 is 0 Å². The minimum atomic E-state index is -0.168. The van der Waals surface area contributed by atoms with Gasteiger partial charge in [0.15, 0.2) is 5.13 Å². The van der Waals surface area contributed by atoms with E-state index in [1.165, 1.54) is 24.2 Å². The van der Waals surface area contributed by atoms with Crippen molar-refractivity contribution < 1.29 is 4.79 Å². The summed E-state index contributed by atoms with van der Waals surface area (Å²) in [6.45, 7) is 5.44. The summed E-state index contributed by atoms with van der Waals surface area (Å²) in [5.41, 5.74) is 1.55. The van der Waals surface area contributed by atoms with E-state index in [4.69, 9.17) is 0 Å². The molecule has 118 valence electrons. The minimum absolute atomic E-state index is 0.168. The number of rotatable bonds is 4. The molecule has 7 heteroatoms. The van der Waals surface area contributed by atoms with Crippen molar-refractivity contribution in [2.45, 2.75) is 26.3 Å². The summed E-state index contributed by atoms with van der Waals surface area (Å²) in [7, 11) is 0. The van der Waals surface area contributed by atoms with E-state index in [2.05, 4.69) is 43.0 Å². The number of hydrogen-bond donors (Lipinski definition) is 2. The Balaban J connectivity index is 1.58. The molecule has 0 radical (unpaired) electrons. The average molecular weight is 383 g/mol. The fourth-order valence-corrected chi connectivity index (χ4v) is 3.80. The van der Waals surface area contributed by atoms with Crippen LogP contribution in [0.2, 0.25) is 0 Å². The molecule has 0 aromatic carbocycles. The van der Waals surface area contributed by atoms with Gasteiger partial charge in [-0.15, -0.1) is 11.3 Å². The zero-order valence-corrected chi connectivity index (χ0v) is 14.8. The quantitative estimate of drug-likeness (QED) is 0.846. The second kappa shape index (κ2) is 6.93. The lowest BCUT2D eigenvalue weighted by molar-refractivity contribution is 0.102. The molecule has 1 unspecified atom stereocenters. The van der Waals surface area contributed by atoms with Crippen LogP contribution in [0.3, 0.4) is 0 Å². The number of anilines is 1. The van der Waals surface area contributed by atoms with Crippen LogP contribution in [-0.2, 0) is 6.54 Å². The van der Waals surface area contributed by atoms with E-state index in [9.17, 15) is 4.79 Å². The first-order chi connectivity index (χ1) is 10.6. The molecule has 2 aromatic rings. The zero-order valence-electron chi connectivity index (χ0n) is 12.4. The molecule has 1 aliphatic rings. The Labute approximate surface area is 142 Å². The molecule has 0 spiro atoms. The molecule has 2 N–H and O–H groups in total. The van der Waals surface area contributed by atoms with Crippen molar-refractivity contribution in [2.24, 2.45) is 5.92 Å². The number of thiazole rings is 1. The number of aromatic nitrogens is 2. The minimum Gasteiger partial charge on any atom is -0.356 e. The highest BCUT2D eigenvalue weighted by Gasteiger charge is 2.18. The summed E-state index contributed by atoms with van der Waals surface area (Å²) < 4.78 is 0.858. The van der Waals surface area contributed by atoms with E-state index < -0.39 is 0 Å². The third kappa shape index (κ3) is 3.97. The predicted molar refractivity (Wildman–Crippen MR) is 92.2 cm³/mol. The summed E-state index contributed by atoms with van der Waals surface area (Å²) in [5, 5.41) is 5.51. The van der Waals surface area contributed by atoms with Crippen molar-refractivity contribution in [3.05, 3.63) is 33.5 Å². The number of H-pyrrole nitrogens is 1. The number of carbonyl (C=O) groups excluding carboxylic acids is 1.